The van der Waals surface area contributed by atoms with E-state index in [2.05, 4.69) is 116 Å². The zero-order chi connectivity index (χ0) is 25.7. The Morgan fingerprint density at radius 2 is 1.33 bits per heavy atom. The van der Waals surface area contributed by atoms with Crippen molar-refractivity contribution >= 4 is 30.7 Å². The molecule has 0 fully saturated rings. The molecule has 1 heterocycles. The van der Waals surface area contributed by atoms with E-state index in [4.69, 9.17) is 18.6 Å². The Hall–Kier alpha value is -2.80. The molecule has 0 radical (unpaired) electrons. The van der Waals surface area contributed by atoms with Crippen LogP contribution in [-0.2, 0) is 0 Å². The maximum atomic E-state index is 8.49. The van der Waals surface area contributed by atoms with E-state index in [9.17, 15) is 0 Å². The van der Waals surface area contributed by atoms with E-state index in [1.165, 1.54) is 38.0 Å². The summed E-state index contributed by atoms with van der Waals surface area (Å²) in [6.45, 7) is 0. The maximum Gasteiger partial charge on any atom is -0.112 e. The van der Waals surface area contributed by atoms with Crippen LogP contribution in [0.4, 0.5) is 0 Å². The topological polar surface area (TPSA) is 95.2 Å². The molecule has 5 rings (SSSR count). The number of rotatable bonds is 3. The summed E-state index contributed by atoms with van der Waals surface area (Å²) in [6.07, 6.45) is 16.0. The van der Waals surface area contributed by atoms with Crippen molar-refractivity contribution in [2.75, 3.05) is 14.1 Å². The molecule has 2 aliphatic carbocycles. The molecular formula is C29H26ClNO4Se. The molecule has 0 unspecified atom stereocenters. The van der Waals surface area contributed by atoms with Gasteiger partial charge in [-0.15, -0.1) is 10.2 Å². The SMILES string of the molecule is C[N+](C)=C1C=CC(=CC2=C3[Se]C(c4ccccc4)=CC(c4ccccc4)=C3CC2)C=C1.[O-][Cl+3]([O-])([O-])[O-]. The summed E-state index contributed by atoms with van der Waals surface area (Å²) in [5, 5.41) is 0. The van der Waals surface area contributed by atoms with Gasteiger partial charge in [0.25, 0.3) is 0 Å². The minimum Gasteiger partial charge on any atom is -0.222 e. The Morgan fingerprint density at radius 3 is 1.89 bits per heavy atom. The van der Waals surface area contributed by atoms with Crippen molar-refractivity contribution < 1.29 is 33.5 Å². The van der Waals surface area contributed by atoms with Crippen molar-refractivity contribution in [3.05, 3.63) is 129 Å². The average molecular weight is 567 g/mol. The minimum absolute atomic E-state index is 0.320. The second-order valence-electron chi connectivity index (χ2n) is 8.60. The van der Waals surface area contributed by atoms with E-state index < -0.39 is 10.2 Å². The molecule has 0 bridgehead atoms. The molecule has 0 amide bonds. The monoisotopic (exact) mass is 567 g/mol. The van der Waals surface area contributed by atoms with Gasteiger partial charge in [-0.25, -0.2) is 18.6 Å². The fraction of sp³-hybridized carbons (Fsp3) is 0.138. The van der Waals surface area contributed by atoms with Gasteiger partial charge in [0.05, 0.1) is 0 Å². The van der Waals surface area contributed by atoms with Crippen molar-refractivity contribution in [1.29, 1.82) is 0 Å². The molecule has 0 N–H and O–H groups in total. The minimum atomic E-state index is -4.94. The van der Waals surface area contributed by atoms with Crippen molar-refractivity contribution in [3.63, 3.8) is 0 Å². The first-order valence-corrected chi connectivity index (χ1v) is 14.3. The van der Waals surface area contributed by atoms with E-state index >= 15 is 0 Å². The van der Waals surface area contributed by atoms with Gasteiger partial charge in [0.1, 0.15) is 0 Å². The van der Waals surface area contributed by atoms with Crippen LogP contribution >= 0.6 is 0 Å². The number of nitrogens with zero attached hydrogens (tertiary/aromatic N) is 1. The number of benzene rings is 2. The third-order valence-corrected chi connectivity index (χ3v) is 8.61. The summed E-state index contributed by atoms with van der Waals surface area (Å²) in [6, 6.07) is 21.8. The van der Waals surface area contributed by atoms with Gasteiger partial charge >= 0.3 is 192 Å². The molecule has 0 saturated heterocycles. The summed E-state index contributed by atoms with van der Waals surface area (Å²) >= 11 is 0.320. The molecule has 1 aliphatic heterocycles. The largest absolute Gasteiger partial charge is 0.222 e. The van der Waals surface area contributed by atoms with Crippen LogP contribution in [0.2, 0.25) is 0 Å². The Balaban J connectivity index is 0.000000556. The van der Waals surface area contributed by atoms with Crippen LogP contribution in [0.15, 0.2) is 118 Å². The van der Waals surface area contributed by atoms with E-state index in [0.29, 0.717) is 15.0 Å². The zero-order valence-electron chi connectivity index (χ0n) is 20.0. The average Bonchev–Trinajstić information content (AvgIpc) is 3.26. The van der Waals surface area contributed by atoms with Gasteiger partial charge in [-0.3, -0.25) is 0 Å². The van der Waals surface area contributed by atoms with Crippen molar-refractivity contribution in [3.8, 4) is 0 Å². The summed E-state index contributed by atoms with van der Waals surface area (Å²) < 4.78 is 39.2. The zero-order valence-corrected chi connectivity index (χ0v) is 22.5. The number of allylic oxidation sites excluding steroid dienone is 11. The van der Waals surface area contributed by atoms with Crippen molar-refractivity contribution in [1.82, 2.24) is 0 Å². The Morgan fingerprint density at radius 1 is 0.778 bits per heavy atom. The molecule has 2 aromatic rings. The molecule has 0 aromatic heterocycles. The molecule has 0 saturated carbocycles. The summed E-state index contributed by atoms with van der Waals surface area (Å²) in [4.78, 5) is 0. The van der Waals surface area contributed by atoms with Crippen LogP contribution in [0.1, 0.15) is 24.0 Å². The molecule has 7 heteroatoms. The van der Waals surface area contributed by atoms with Crippen LogP contribution in [0, 0.1) is 10.2 Å². The summed E-state index contributed by atoms with van der Waals surface area (Å²) in [5.41, 5.74) is 9.70. The Labute approximate surface area is 220 Å². The van der Waals surface area contributed by atoms with E-state index in [1.54, 1.807) is 10.0 Å². The maximum absolute atomic E-state index is 8.49. The molecule has 184 valence electrons. The Kier molecular flexibility index (Phi) is 8.39. The van der Waals surface area contributed by atoms with Gasteiger partial charge in [-0.2, -0.15) is 0 Å². The number of hydrogen-bond acceptors (Lipinski definition) is 4. The van der Waals surface area contributed by atoms with Gasteiger partial charge < -0.3 is 0 Å². The van der Waals surface area contributed by atoms with Crippen LogP contribution in [0.3, 0.4) is 0 Å². The van der Waals surface area contributed by atoms with E-state index in [1.807, 2.05) is 0 Å². The second kappa shape index (κ2) is 11.5. The Bertz CT molecular complexity index is 1320. The van der Waals surface area contributed by atoms with E-state index in [-0.39, 0.29) is 0 Å². The quantitative estimate of drug-likeness (QED) is 0.413. The molecule has 0 spiro atoms. The third-order valence-electron chi connectivity index (χ3n) is 5.92. The molecular weight excluding hydrogens is 541 g/mol. The first-order chi connectivity index (χ1) is 17.2. The fourth-order valence-corrected chi connectivity index (χ4v) is 6.93. The van der Waals surface area contributed by atoms with Gasteiger partial charge in [0.15, 0.2) is 0 Å². The first kappa shape index (κ1) is 26.3. The van der Waals surface area contributed by atoms with Gasteiger partial charge in [-0.05, 0) is 0 Å². The third kappa shape index (κ3) is 6.90. The predicted molar refractivity (Wildman–Crippen MR) is 133 cm³/mol. The van der Waals surface area contributed by atoms with Crippen LogP contribution < -0.4 is 18.6 Å². The smallest absolute Gasteiger partial charge is 0.112 e. The first-order valence-electron chi connectivity index (χ1n) is 11.4. The predicted octanol–water partition coefficient (Wildman–Crippen LogP) is 1.26. The molecule has 3 aliphatic rings. The second-order valence-corrected chi connectivity index (χ2v) is 11.6. The summed E-state index contributed by atoms with van der Waals surface area (Å²) in [5.74, 6) is 0. The fourth-order valence-electron chi connectivity index (χ4n) is 4.25. The standard InChI is InChI=1S/C29H26NSe.ClHO4/c1-30(2)25-16-13-21(14-17-25)19-24-15-18-26-27(22-9-5-3-6-10-22)20-28(31-29(24)26)23-11-7-4-8-12-23;2-1(3,4)5/h3-14,16-17,19-20H,15,18H2,1-2H3;(H,2,3,4,5)/q+1;/p-1. The molecule has 2 aromatic carbocycles. The van der Waals surface area contributed by atoms with Gasteiger partial charge in [0, 0.05) is 0 Å². The van der Waals surface area contributed by atoms with Crippen LogP contribution in [-0.4, -0.2) is 39.3 Å². The molecule has 5 nitrogen and oxygen atoms in total. The van der Waals surface area contributed by atoms with Crippen LogP contribution in [0.25, 0.3) is 10.0 Å². The molecule has 0 atom stereocenters. The van der Waals surface area contributed by atoms with Crippen LogP contribution in [0.5, 0.6) is 0 Å². The van der Waals surface area contributed by atoms with Crippen molar-refractivity contribution in [2.45, 2.75) is 12.8 Å². The van der Waals surface area contributed by atoms with Gasteiger partial charge in [0.2, 0.25) is 0 Å². The number of hydrogen-bond donors (Lipinski definition) is 0. The van der Waals surface area contributed by atoms with E-state index in [0.717, 1.165) is 12.8 Å². The number of halogens is 1. The van der Waals surface area contributed by atoms with Gasteiger partial charge in [-0.1, -0.05) is 0 Å². The molecule has 36 heavy (non-hydrogen) atoms. The number of fused-ring (bicyclic) bond motifs is 1. The normalized spacial score (nSPS) is 17.0. The van der Waals surface area contributed by atoms with Crippen molar-refractivity contribution in [2.24, 2.45) is 0 Å². The summed E-state index contributed by atoms with van der Waals surface area (Å²) in [7, 11) is -0.769.